The fourth-order valence-electron chi connectivity index (χ4n) is 0.475. The van der Waals surface area contributed by atoms with Gasteiger partial charge < -0.3 is 0 Å². The van der Waals surface area contributed by atoms with Gasteiger partial charge in [0.1, 0.15) is 0 Å². The van der Waals surface area contributed by atoms with E-state index in [1.54, 1.807) is 6.21 Å². The molecule has 0 spiro atoms. The minimum Gasteiger partial charge on any atom is -0.262 e. The van der Waals surface area contributed by atoms with E-state index in [0.29, 0.717) is 5.92 Å². The molecule has 0 heterocycles. The lowest BCUT2D eigenvalue weighted by molar-refractivity contribution is 0.771. The largest absolute Gasteiger partial charge is 0.262 e. The molecule has 0 aliphatic rings. The summed E-state index contributed by atoms with van der Waals surface area (Å²) < 4.78 is 0. The third-order valence-electron chi connectivity index (χ3n) is 1.54. The van der Waals surface area contributed by atoms with Gasteiger partial charge in [0.15, 0.2) is 0 Å². The fourth-order valence-corrected chi connectivity index (χ4v) is 0.475. The average molecular weight is 151 g/mol. The molecule has 0 aromatic carbocycles. The Morgan fingerprint density at radius 3 is 2.27 bits per heavy atom. The first-order chi connectivity index (χ1) is 5.04. The van der Waals surface area contributed by atoms with Gasteiger partial charge in [0.2, 0.25) is 0 Å². The SMILES string of the molecule is C=C(C)/N=C\C=C(/C)C(C)C. The molecule has 0 N–H and O–H groups in total. The van der Waals surface area contributed by atoms with Crippen molar-refractivity contribution in [3.05, 3.63) is 23.9 Å². The van der Waals surface area contributed by atoms with Crippen LogP contribution in [-0.2, 0) is 0 Å². The molecule has 0 saturated heterocycles. The molecule has 0 rings (SSSR count). The number of hydrogen-bond donors (Lipinski definition) is 0. The summed E-state index contributed by atoms with van der Waals surface area (Å²) in [6, 6.07) is 0. The van der Waals surface area contributed by atoms with Crippen LogP contribution in [0.1, 0.15) is 27.7 Å². The van der Waals surface area contributed by atoms with Gasteiger partial charge in [-0.25, -0.2) is 0 Å². The molecular weight excluding hydrogens is 134 g/mol. The van der Waals surface area contributed by atoms with E-state index in [0.717, 1.165) is 5.70 Å². The van der Waals surface area contributed by atoms with Crippen LogP contribution in [0.3, 0.4) is 0 Å². The Bertz CT molecular complexity index is 185. The molecule has 11 heavy (non-hydrogen) atoms. The molecule has 0 aromatic heterocycles. The van der Waals surface area contributed by atoms with Gasteiger partial charge in [-0.3, -0.25) is 4.99 Å². The van der Waals surface area contributed by atoms with Crippen molar-refractivity contribution in [1.82, 2.24) is 0 Å². The Morgan fingerprint density at radius 2 is 1.91 bits per heavy atom. The lowest BCUT2D eigenvalue weighted by atomic mass is 10.1. The van der Waals surface area contributed by atoms with Crippen molar-refractivity contribution in [3.8, 4) is 0 Å². The molecule has 0 unspecified atom stereocenters. The van der Waals surface area contributed by atoms with Crippen LogP contribution in [-0.4, -0.2) is 6.21 Å². The van der Waals surface area contributed by atoms with Gasteiger partial charge in [-0.05, 0) is 25.8 Å². The molecule has 1 nitrogen and oxygen atoms in total. The molecule has 62 valence electrons. The quantitative estimate of drug-likeness (QED) is 0.549. The van der Waals surface area contributed by atoms with E-state index in [1.165, 1.54) is 5.57 Å². The molecule has 1 heteroatoms. The highest BCUT2D eigenvalue weighted by atomic mass is 14.7. The van der Waals surface area contributed by atoms with Gasteiger partial charge in [-0.1, -0.05) is 26.0 Å². The van der Waals surface area contributed by atoms with Gasteiger partial charge in [0.25, 0.3) is 0 Å². The van der Waals surface area contributed by atoms with E-state index >= 15 is 0 Å². The first-order valence-corrected chi connectivity index (χ1v) is 3.90. The second kappa shape index (κ2) is 4.89. The molecule has 0 aliphatic heterocycles. The Hall–Kier alpha value is -0.850. The molecule has 0 fully saturated rings. The highest BCUT2D eigenvalue weighted by molar-refractivity contribution is 5.73. The third-order valence-corrected chi connectivity index (χ3v) is 1.54. The minimum atomic E-state index is 0.603. The lowest BCUT2D eigenvalue weighted by Gasteiger charge is -2.01. The molecule has 0 saturated carbocycles. The number of nitrogens with zero attached hydrogens (tertiary/aromatic N) is 1. The third kappa shape index (κ3) is 5.59. The first kappa shape index (κ1) is 10.2. The van der Waals surface area contributed by atoms with Crippen molar-refractivity contribution in [2.45, 2.75) is 27.7 Å². The van der Waals surface area contributed by atoms with Crippen LogP contribution in [0.4, 0.5) is 0 Å². The van der Waals surface area contributed by atoms with Crippen LogP contribution >= 0.6 is 0 Å². The van der Waals surface area contributed by atoms with E-state index in [9.17, 15) is 0 Å². The van der Waals surface area contributed by atoms with E-state index in [-0.39, 0.29) is 0 Å². The summed E-state index contributed by atoms with van der Waals surface area (Å²) >= 11 is 0. The highest BCUT2D eigenvalue weighted by Crippen LogP contribution is 2.06. The van der Waals surface area contributed by atoms with Crippen LogP contribution in [0, 0.1) is 5.92 Å². The number of allylic oxidation sites excluding steroid dienone is 3. The Kier molecular flexibility index (Phi) is 4.51. The van der Waals surface area contributed by atoms with Crippen molar-refractivity contribution < 1.29 is 0 Å². The number of aliphatic imine (C=N–C) groups is 1. The summed E-state index contributed by atoms with van der Waals surface area (Å²) in [5.74, 6) is 0.603. The lowest BCUT2D eigenvalue weighted by Crippen LogP contribution is -1.88. The Balaban J connectivity index is 4.01. The molecule has 0 atom stereocenters. The van der Waals surface area contributed by atoms with Crippen molar-refractivity contribution in [3.63, 3.8) is 0 Å². The van der Waals surface area contributed by atoms with Crippen molar-refractivity contribution in [1.29, 1.82) is 0 Å². The average Bonchev–Trinajstić information content (AvgIpc) is 1.86. The summed E-state index contributed by atoms with van der Waals surface area (Å²) in [7, 11) is 0. The predicted molar refractivity (Wildman–Crippen MR) is 51.9 cm³/mol. The van der Waals surface area contributed by atoms with Gasteiger partial charge >= 0.3 is 0 Å². The van der Waals surface area contributed by atoms with Crippen LogP contribution in [0.15, 0.2) is 28.9 Å². The van der Waals surface area contributed by atoms with Crippen molar-refractivity contribution >= 4 is 6.21 Å². The zero-order valence-corrected chi connectivity index (χ0v) is 7.89. The van der Waals surface area contributed by atoms with Crippen LogP contribution < -0.4 is 0 Å². The van der Waals surface area contributed by atoms with Crippen molar-refractivity contribution in [2.75, 3.05) is 0 Å². The number of hydrogen-bond acceptors (Lipinski definition) is 1. The number of rotatable bonds is 3. The standard InChI is InChI=1S/C10H17N/c1-8(2)10(5)6-7-11-9(3)4/h6-8H,3H2,1-2,4-5H3/b10-6+,11-7-. The highest BCUT2D eigenvalue weighted by Gasteiger charge is 1.92. The molecule has 0 bridgehead atoms. The summed E-state index contributed by atoms with van der Waals surface area (Å²) in [5, 5.41) is 0. The monoisotopic (exact) mass is 151 g/mol. The molecule has 0 amide bonds. The normalized spacial score (nSPS) is 13.0. The zero-order chi connectivity index (χ0) is 8.85. The summed E-state index contributed by atoms with van der Waals surface area (Å²) in [6.07, 6.45) is 3.83. The Morgan fingerprint density at radius 1 is 1.36 bits per heavy atom. The molecule has 0 radical (unpaired) electrons. The van der Waals surface area contributed by atoms with E-state index in [1.807, 2.05) is 13.0 Å². The van der Waals surface area contributed by atoms with E-state index in [4.69, 9.17) is 0 Å². The van der Waals surface area contributed by atoms with Crippen LogP contribution in [0.25, 0.3) is 0 Å². The summed E-state index contributed by atoms with van der Waals surface area (Å²) in [5.41, 5.74) is 2.19. The summed E-state index contributed by atoms with van der Waals surface area (Å²) in [6.45, 7) is 12.0. The molecule has 0 aromatic rings. The second-order valence-electron chi connectivity index (χ2n) is 3.08. The van der Waals surface area contributed by atoms with E-state index < -0.39 is 0 Å². The van der Waals surface area contributed by atoms with Gasteiger partial charge in [-0.2, -0.15) is 0 Å². The maximum absolute atomic E-state index is 4.05. The van der Waals surface area contributed by atoms with Gasteiger partial charge in [0.05, 0.1) is 0 Å². The Labute approximate surface area is 69.5 Å². The smallest absolute Gasteiger partial charge is 0.0300 e. The zero-order valence-electron chi connectivity index (χ0n) is 7.89. The van der Waals surface area contributed by atoms with E-state index in [2.05, 4.69) is 32.3 Å². The minimum absolute atomic E-state index is 0.603. The topological polar surface area (TPSA) is 12.4 Å². The van der Waals surface area contributed by atoms with Gasteiger partial charge in [0, 0.05) is 11.9 Å². The molecular formula is C10H17N. The molecule has 0 aliphatic carbocycles. The van der Waals surface area contributed by atoms with Crippen LogP contribution in [0.5, 0.6) is 0 Å². The maximum Gasteiger partial charge on any atom is 0.0300 e. The first-order valence-electron chi connectivity index (χ1n) is 3.90. The van der Waals surface area contributed by atoms with Crippen LogP contribution in [0.2, 0.25) is 0 Å². The fraction of sp³-hybridized carbons (Fsp3) is 0.500. The summed E-state index contributed by atoms with van der Waals surface area (Å²) in [4.78, 5) is 4.05. The van der Waals surface area contributed by atoms with Gasteiger partial charge in [-0.15, -0.1) is 0 Å². The van der Waals surface area contributed by atoms with Crippen molar-refractivity contribution in [2.24, 2.45) is 10.9 Å². The second-order valence-corrected chi connectivity index (χ2v) is 3.08. The predicted octanol–water partition coefficient (Wildman–Crippen LogP) is 3.19. The maximum atomic E-state index is 4.05.